The number of hydrogen-bond acceptors (Lipinski definition) is 3. The first kappa shape index (κ1) is 9.04. The standard InChI is InChI=1S/C10H13NOS/c1-6(12)9-3-8-2-7(9)4-10(8)11-5-13/h7-10H,2-4H2,1H3/t7-,8-,9-,10+/m1/s1. The van der Waals surface area contributed by atoms with E-state index in [2.05, 4.69) is 22.4 Å². The molecule has 2 saturated carbocycles. The number of thiocarbonyl (C=S) groups is 1. The summed E-state index contributed by atoms with van der Waals surface area (Å²) in [5.41, 5.74) is 0. The lowest BCUT2D eigenvalue weighted by molar-refractivity contribution is -0.122. The zero-order valence-corrected chi connectivity index (χ0v) is 8.51. The number of rotatable bonds is 2. The molecule has 4 atom stereocenters. The van der Waals surface area contributed by atoms with Crippen LogP contribution in [0.5, 0.6) is 0 Å². The second-order valence-corrected chi connectivity index (χ2v) is 4.41. The van der Waals surface area contributed by atoms with E-state index in [1.54, 1.807) is 6.92 Å². The normalized spacial score (nSPS) is 41.6. The van der Waals surface area contributed by atoms with Gasteiger partial charge in [0.05, 0.1) is 11.2 Å². The van der Waals surface area contributed by atoms with E-state index >= 15 is 0 Å². The van der Waals surface area contributed by atoms with Gasteiger partial charge in [-0.1, -0.05) is 0 Å². The predicted octanol–water partition coefficient (Wildman–Crippen LogP) is 2.09. The second-order valence-electron chi connectivity index (χ2n) is 4.23. The summed E-state index contributed by atoms with van der Waals surface area (Å²) in [6.45, 7) is 1.71. The molecule has 0 spiro atoms. The van der Waals surface area contributed by atoms with Crippen molar-refractivity contribution in [3.8, 4) is 0 Å². The highest BCUT2D eigenvalue weighted by Crippen LogP contribution is 2.49. The molecule has 13 heavy (non-hydrogen) atoms. The molecule has 2 rings (SSSR count). The average molecular weight is 195 g/mol. The van der Waals surface area contributed by atoms with Crippen molar-refractivity contribution in [3.63, 3.8) is 0 Å². The Morgan fingerprint density at radius 2 is 2.15 bits per heavy atom. The molecule has 0 unspecified atom stereocenters. The minimum absolute atomic E-state index is 0.321. The average Bonchev–Trinajstić information content (AvgIpc) is 2.62. The number of aliphatic imine (C=N–C) groups is 1. The van der Waals surface area contributed by atoms with E-state index in [-0.39, 0.29) is 0 Å². The lowest BCUT2D eigenvalue weighted by Crippen LogP contribution is -2.24. The highest BCUT2D eigenvalue weighted by Gasteiger charge is 2.47. The minimum Gasteiger partial charge on any atom is -0.300 e. The topological polar surface area (TPSA) is 29.4 Å². The van der Waals surface area contributed by atoms with Crippen molar-refractivity contribution in [3.05, 3.63) is 0 Å². The van der Waals surface area contributed by atoms with Gasteiger partial charge in [0.25, 0.3) is 0 Å². The van der Waals surface area contributed by atoms with Gasteiger partial charge >= 0.3 is 0 Å². The van der Waals surface area contributed by atoms with Crippen LogP contribution in [0.2, 0.25) is 0 Å². The SMILES string of the molecule is CC(=O)[C@H]1C[C@H]2C[C@@H]1C[C@@H]2N=C=S. The lowest BCUT2D eigenvalue weighted by Gasteiger charge is -2.22. The van der Waals surface area contributed by atoms with Crippen molar-refractivity contribution in [2.24, 2.45) is 22.7 Å². The molecule has 0 amide bonds. The number of carbonyl (C=O) groups excluding carboxylic acids is 1. The molecule has 0 aromatic carbocycles. The van der Waals surface area contributed by atoms with Gasteiger partial charge in [-0.3, -0.25) is 4.79 Å². The van der Waals surface area contributed by atoms with E-state index in [1.165, 1.54) is 6.42 Å². The summed E-state index contributed by atoms with van der Waals surface area (Å²) in [4.78, 5) is 15.4. The molecular weight excluding hydrogens is 182 g/mol. The summed E-state index contributed by atoms with van der Waals surface area (Å²) in [6, 6.07) is 0.373. The number of fused-ring (bicyclic) bond motifs is 2. The summed E-state index contributed by atoms with van der Waals surface area (Å²) in [5, 5.41) is 2.46. The first-order valence-corrected chi connectivity index (χ1v) is 5.20. The maximum atomic E-state index is 11.2. The summed E-state index contributed by atoms with van der Waals surface area (Å²) in [5.74, 6) is 1.87. The van der Waals surface area contributed by atoms with Gasteiger partial charge in [0.2, 0.25) is 0 Å². The third kappa shape index (κ3) is 1.47. The quantitative estimate of drug-likeness (QED) is 0.499. The lowest BCUT2D eigenvalue weighted by atomic mass is 9.84. The Bertz CT molecular complexity index is 269. The summed E-state index contributed by atoms with van der Waals surface area (Å²) >= 11 is 4.60. The van der Waals surface area contributed by atoms with Crippen LogP contribution in [0.25, 0.3) is 0 Å². The van der Waals surface area contributed by atoms with Gasteiger partial charge in [-0.15, -0.1) is 0 Å². The molecule has 70 valence electrons. The van der Waals surface area contributed by atoms with Crippen molar-refractivity contribution in [1.29, 1.82) is 0 Å². The summed E-state index contributed by atoms with van der Waals surface area (Å²) in [7, 11) is 0. The highest BCUT2D eigenvalue weighted by atomic mass is 32.1. The zero-order valence-electron chi connectivity index (χ0n) is 7.69. The van der Waals surface area contributed by atoms with E-state index in [9.17, 15) is 4.79 Å². The first-order chi connectivity index (χ1) is 6.22. The Balaban J connectivity index is 2.06. The smallest absolute Gasteiger partial charge is 0.133 e. The second kappa shape index (κ2) is 3.32. The third-order valence-electron chi connectivity index (χ3n) is 3.56. The number of ketones is 1. The number of Topliss-reactive ketones (excluding diaryl/α,β-unsaturated/α-hetero) is 1. The molecule has 0 heterocycles. The summed E-state index contributed by atoms with van der Waals surface area (Å²) in [6.07, 6.45) is 3.26. The van der Waals surface area contributed by atoms with E-state index in [4.69, 9.17) is 0 Å². The number of isothiocyanates is 1. The van der Waals surface area contributed by atoms with E-state index < -0.39 is 0 Å². The molecule has 2 aliphatic rings. The Labute approximate surface area is 83.4 Å². The Hall–Kier alpha value is -0.530. The fourth-order valence-corrected chi connectivity index (χ4v) is 3.10. The van der Waals surface area contributed by atoms with E-state index in [0.717, 1.165) is 12.8 Å². The molecule has 2 aliphatic carbocycles. The monoisotopic (exact) mass is 195 g/mol. The van der Waals surface area contributed by atoms with Crippen molar-refractivity contribution in [1.82, 2.24) is 0 Å². The van der Waals surface area contributed by atoms with Crippen LogP contribution in [-0.2, 0) is 4.79 Å². The fraction of sp³-hybridized carbons (Fsp3) is 0.800. The molecule has 3 heteroatoms. The zero-order chi connectivity index (χ0) is 9.42. The Morgan fingerprint density at radius 3 is 2.62 bits per heavy atom. The van der Waals surface area contributed by atoms with Crippen LogP contribution in [0, 0.1) is 17.8 Å². The third-order valence-corrected chi connectivity index (χ3v) is 3.67. The van der Waals surface area contributed by atoms with Gasteiger partial charge in [-0.2, -0.15) is 0 Å². The molecular formula is C10H13NOS. The molecule has 0 N–H and O–H groups in total. The first-order valence-electron chi connectivity index (χ1n) is 4.79. The Morgan fingerprint density at radius 1 is 1.38 bits per heavy atom. The van der Waals surface area contributed by atoms with Crippen molar-refractivity contribution in [2.75, 3.05) is 0 Å². The maximum absolute atomic E-state index is 11.2. The van der Waals surface area contributed by atoms with Gasteiger partial charge in [0.15, 0.2) is 0 Å². The van der Waals surface area contributed by atoms with Crippen molar-refractivity contribution < 1.29 is 4.79 Å². The van der Waals surface area contributed by atoms with Gasteiger partial charge in [-0.05, 0) is 50.2 Å². The van der Waals surface area contributed by atoms with Crippen molar-refractivity contribution in [2.45, 2.75) is 32.2 Å². The molecule has 2 fully saturated rings. The van der Waals surface area contributed by atoms with Crippen LogP contribution < -0.4 is 0 Å². The highest BCUT2D eigenvalue weighted by molar-refractivity contribution is 7.78. The molecule has 0 radical (unpaired) electrons. The van der Waals surface area contributed by atoms with Crippen LogP contribution >= 0.6 is 12.2 Å². The van der Waals surface area contributed by atoms with Gasteiger partial charge in [0.1, 0.15) is 5.78 Å². The van der Waals surface area contributed by atoms with Crippen LogP contribution in [0.3, 0.4) is 0 Å². The van der Waals surface area contributed by atoms with E-state index in [0.29, 0.717) is 29.6 Å². The maximum Gasteiger partial charge on any atom is 0.133 e. The van der Waals surface area contributed by atoms with Gasteiger partial charge < -0.3 is 0 Å². The largest absolute Gasteiger partial charge is 0.300 e. The van der Waals surface area contributed by atoms with Crippen LogP contribution in [0.4, 0.5) is 0 Å². The van der Waals surface area contributed by atoms with Crippen molar-refractivity contribution >= 4 is 23.2 Å². The number of carbonyl (C=O) groups is 1. The van der Waals surface area contributed by atoms with Crippen LogP contribution in [-0.4, -0.2) is 17.0 Å². The molecule has 0 saturated heterocycles. The Kier molecular flexibility index (Phi) is 2.31. The molecule has 0 aromatic rings. The van der Waals surface area contributed by atoms with E-state index in [1.807, 2.05) is 0 Å². The van der Waals surface area contributed by atoms with Crippen LogP contribution in [0.1, 0.15) is 26.2 Å². The molecule has 2 bridgehead atoms. The molecule has 0 aliphatic heterocycles. The molecule has 0 aromatic heterocycles. The number of hydrogen-bond donors (Lipinski definition) is 0. The van der Waals surface area contributed by atoms with Gasteiger partial charge in [0, 0.05) is 5.92 Å². The fourth-order valence-electron chi connectivity index (χ4n) is 2.97. The number of nitrogens with zero attached hydrogens (tertiary/aromatic N) is 1. The predicted molar refractivity (Wildman–Crippen MR) is 53.8 cm³/mol. The molecule has 2 nitrogen and oxygen atoms in total. The van der Waals surface area contributed by atoms with Gasteiger partial charge in [-0.25, -0.2) is 4.99 Å². The van der Waals surface area contributed by atoms with Crippen LogP contribution in [0.15, 0.2) is 4.99 Å². The summed E-state index contributed by atoms with van der Waals surface area (Å²) < 4.78 is 0. The minimum atomic E-state index is 0.321.